The van der Waals surface area contributed by atoms with Crippen molar-refractivity contribution in [3.05, 3.63) is 54.1 Å². The number of halogens is 3. The minimum atomic E-state index is -2.89. The molecule has 0 aliphatic rings. The van der Waals surface area contributed by atoms with Crippen molar-refractivity contribution in [2.24, 2.45) is 7.05 Å². The number of aromatic nitrogens is 5. The first kappa shape index (κ1) is 17.0. The first-order chi connectivity index (χ1) is 13.0. The number of benzene rings is 1. The first-order valence-electron chi connectivity index (χ1n) is 7.82. The molecule has 0 spiro atoms. The molecule has 0 aliphatic heterocycles. The van der Waals surface area contributed by atoms with Crippen molar-refractivity contribution in [3.8, 4) is 17.2 Å². The molecule has 0 aliphatic carbocycles. The van der Waals surface area contributed by atoms with Crippen LogP contribution in [0.5, 0.6) is 5.75 Å². The summed E-state index contributed by atoms with van der Waals surface area (Å²) in [4.78, 5) is 3.96. The second-order valence-electron chi connectivity index (χ2n) is 5.68. The average molecular weight is 375 g/mol. The van der Waals surface area contributed by atoms with Gasteiger partial charge in [-0.25, -0.2) is 4.39 Å². The number of nitrogens with zero attached hydrogens (tertiary/aromatic N) is 5. The van der Waals surface area contributed by atoms with Crippen LogP contribution in [-0.4, -0.2) is 25.0 Å². The number of aryl methyl sites for hydroxylation is 1. The summed E-state index contributed by atoms with van der Waals surface area (Å²) < 4.78 is 51.3. The SMILES string of the molecule is Cn1ncc2cc(OCc3ncc(-c4nnc(C(F)F)o4)cc3F)ccc21. The molecule has 0 fully saturated rings. The summed E-state index contributed by atoms with van der Waals surface area (Å²) >= 11 is 0. The van der Waals surface area contributed by atoms with Crippen LogP contribution < -0.4 is 4.74 Å². The van der Waals surface area contributed by atoms with Crippen LogP contribution in [0.3, 0.4) is 0 Å². The quantitative estimate of drug-likeness (QED) is 0.530. The molecule has 0 amide bonds. The Balaban J connectivity index is 1.50. The number of hydrogen-bond acceptors (Lipinski definition) is 6. The number of pyridine rings is 1. The van der Waals surface area contributed by atoms with Gasteiger partial charge in [-0.1, -0.05) is 0 Å². The standard InChI is InChI=1S/C17H12F3N5O2/c1-25-14-3-2-11(4-9(14)7-22-25)26-8-13-12(18)5-10(6-21-13)16-23-24-17(27-16)15(19)20/h2-7,15H,8H2,1H3. The molecule has 0 radical (unpaired) electrons. The molecule has 0 saturated carbocycles. The molecule has 138 valence electrons. The smallest absolute Gasteiger partial charge is 0.314 e. The van der Waals surface area contributed by atoms with Gasteiger partial charge in [0, 0.05) is 18.6 Å². The lowest BCUT2D eigenvalue weighted by Gasteiger charge is -2.07. The fourth-order valence-electron chi connectivity index (χ4n) is 2.51. The van der Waals surface area contributed by atoms with E-state index in [1.54, 1.807) is 23.0 Å². The van der Waals surface area contributed by atoms with Gasteiger partial charge in [0.2, 0.25) is 5.89 Å². The van der Waals surface area contributed by atoms with Crippen molar-refractivity contribution in [3.63, 3.8) is 0 Å². The zero-order valence-corrected chi connectivity index (χ0v) is 13.9. The van der Waals surface area contributed by atoms with Crippen molar-refractivity contribution in [1.29, 1.82) is 0 Å². The minimum Gasteiger partial charge on any atom is -0.487 e. The van der Waals surface area contributed by atoms with Crippen molar-refractivity contribution in [2.75, 3.05) is 0 Å². The van der Waals surface area contributed by atoms with Gasteiger partial charge in [0.1, 0.15) is 23.9 Å². The fraction of sp³-hybridized carbons (Fsp3) is 0.176. The fourth-order valence-corrected chi connectivity index (χ4v) is 2.51. The third-order valence-electron chi connectivity index (χ3n) is 3.88. The average Bonchev–Trinajstić information content (AvgIpc) is 3.28. The maximum absolute atomic E-state index is 14.3. The number of rotatable bonds is 5. The summed E-state index contributed by atoms with van der Waals surface area (Å²) in [6.45, 7) is -0.107. The summed E-state index contributed by atoms with van der Waals surface area (Å²) in [5.41, 5.74) is 1.10. The lowest BCUT2D eigenvalue weighted by Crippen LogP contribution is -2.02. The van der Waals surface area contributed by atoms with E-state index < -0.39 is 18.1 Å². The molecular formula is C17H12F3N5O2. The van der Waals surface area contributed by atoms with E-state index >= 15 is 0 Å². The Kier molecular flexibility index (Phi) is 4.22. The summed E-state index contributed by atoms with van der Waals surface area (Å²) in [5, 5.41) is 11.7. The Bertz CT molecular complexity index is 1110. The molecule has 0 unspecified atom stereocenters. The Hall–Kier alpha value is -3.43. The molecule has 0 saturated heterocycles. The molecule has 0 bridgehead atoms. The molecule has 0 atom stereocenters. The molecular weight excluding hydrogens is 363 g/mol. The monoisotopic (exact) mass is 375 g/mol. The van der Waals surface area contributed by atoms with Gasteiger partial charge in [-0.05, 0) is 24.3 Å². The first-order valence-corrected chi connectivity index (χ1v) is 7.82. The van der Waals surface area contributed by atoms with Gasteiger partial charge < -0.3 is 9.15 Å². The van der Waals surface area contributed by atoms with E-state index in [0.29, 0.717) is 5.75 Å². The number of ether oxygens (including phenoxy) is 1. The highest BCUT2D eigenvalue weighted by Crippen LogP contribution is 2.25. The zero-order valence-electron chi connectivity index (χ0n) is 13.9. The molecule has 10 heteroatoms. The lowest BCUT2D eigenvalue weighted by atomic mass is 10.2. The number of hydrogen-bond donors (Lipinski definition) is 0. The van der Waals surface area contributed by atoms with Gasteiger partial charge >= 0.3 is 6.43 Å². The second kappa shape index (κ2) is 6.71. The summed E-state index contributed by atoms with van der Waals surface area (Å²) in [7, 11) is 1.83. The van der Waals surface area contributed by atoms with Crippen molar-refractivity contribution < 1.29 is 22.3 Å². The van der Waals surface area contributed by atoms with Gasteiger partial charge in [-0.15, -0.1) is 10.2 Å². The van der Waals surface area contributed by atoms with E-state index in [1.165, 1.54) is 6.20 Å². The Morgan fingerprint density at radius 2 is 2.04 bits per heavy atom. The summed E-state index contributed by atoms with van der Waals surface area (Å²) in [6, 6.07) is 6.47. The van der Waals surface area contributed by atoms with Gasteiger partial charge in [0.05, 0.1) is 17.3 Å². The summed E-state index contributed by atoms with van der Waals surface area (Å²) in [6.07, 6.45) is 0.0665. The second-order valence-corrected chi connectivity index (χ2v) is 5.68. The Morgan fingerprint density at radius 3 is 2.78 bits per heavy atom. The van der Waals surface area contributed by atoms with Crippen LogP contribution in [0.1, 0.15) is 18.0 Å². The van der Waals surface area contributed by atoms with Crippen molar-refractivity contribution in [1.82, 2.24) is 25.0 Å². The number of fused-ring (bicyclic) bond motifs is 1. The minimum absolute atomic E-state index is 0.0543. The molecule has 0 N–H and O–H groups in total. The van der Waals surface area contributed by atoms with Crippen LogP contribution >= 0.6 is 0 Å². The van der Waals surface area contributed by atoms with Gasteiger partial charge in [0.25, 0.3) is 5.89 Å². The van der Waals surface area contributed by atoms with Crippen LogP contribution in [0.25, 0.3) is 22.4 Å². The normalized spacial score (nSPS) is 11.4. The van der Waals surface area contributed by atoms with E-state index in [9.17, 15) is 13.2 Å². The zero-order chi connectivity index (χ0) is 19.0. The highest BCUT2D eigenvalue weighted by atomic mass is 19.3. The predicted octanol–water partition coefficient (Wildman–Crippen LogP) is 3.67. The van der Waals surface area contributed by atoms with Crippen molar-refractivity contribution in [2.45, 2.75) is 13.0 Å². The van der Waals surface area contributed by atoms with Gasteiger partial charge in [-0.3, -0.25) is 9.67 Å². The van der Waals surface area contributed by atoms with Crippen LogP contribution in [-0.2, 0) is 13.7 Å². The molecule has 7 nitrogen and oxygen atoms in total. The maximum Gasteiger partial charge on any atom is 0.314 e. The lowest BCUT2D eigenvalue weighted by molar-refractivity contribution is 0.116. The van der Waals surface area contributed by atoms with E-state index in [0.717, 1.165) is 17.0 Å². The third-order valence-corrected chi connectivity index (χ3v) is 3.88. The van der Waals surface area contributed by atoms with E-state index in [-0.39, 0.29) is 23.8 Å². The predicted molar refractivity (Wildman–Crippen MR) is 87.5 cm³/mol. The van der Waals surface area contributed by atoms with Crippen LogP contribution in [0.2, 0.25) is 0 Å². The van der Waals surface area contributed by atoms with Crippen LogP contribution in [0, 0.1) is 5.82 Å². The third kappa shape index (κ3) is 3.33. The maximum atomic E-state index is 14.3. The molecule has 3 heterocycles. The van der Waals surface area contributed by atoms with E-state index in [2.05, 4.69) is 20.3 Å². The largest absolute Gasteiger partial charge is 0.487 e. The summed E-state index contributed by atoms with van der Waals surface area (Å²) in [5.74, 6) is -1.19. The Morgan fingerprint density at radius 1 is 1.19 bits per heavy atom. The highest BCUT2D eigenvalue weighted by Gasteiger charge is 2.18. The van der Waals surface area contributed by atoms with Crippen molar-refractivity contribution >= 4 is 10.9 Å². The molecule has 1 aromatic carbocycles. The van der Waals surface area contributed by atoms with Gasteiger partial charge in [0.15, 0.2) is 0 Å². The molecule has 4 aromatic rings. The van der Waals surface area contributed by atoms with Crippen LogP contribution in [0.4, 0.5) is 13.2 Å². The molecule has 3 aromatic heterocycles. The number of alkyl halides is 2. The van der Waals surface area contributed by atoms with E-state index in [4.69, 9.17) is 9.15 Å². The molecule has 4 rings (SSSR count). The van der Waals surface area contributed by atoms with Crippen LogP contribution in [0.15, 0.2) is 41.1 Å². The Labute approximate surface area is 150 Å². The van der Waals surface area contributed by atoms with Gasteiger partial charge in [-0.2, -0.15) is 13.9 Å². The highest BCUT2D eigenvalue weighted by molar-refractivity contribution is 5.80. The topological polar surface area (TPSA) is 78.9 Å². The molecule has 27 heavy (non-hydrogen) atoms. The van der Waals surface area contributed by atoms with E-state index in [1.807, 2.05) is 13.1 Å².